The van der Waals surface area contributed by atoms with Crippen LogP contribution in [-0.2, 0) is 50.0 Å². The first-order valence-corrected chi connectivity index (χ1v) is 41.5. The maximum atomic E-state index is 14.1. The number of anilines is 5. The van der Waals surface area contributed by atoms with Crippen molar-refractivity contribution < 1.29 is 89.4 Å². The van der Waals surface area contributed by atoms with Gasteiger partial charge in [0.05, 0.1) is 96.4 Å². The lowest BCUT2D eigenvalue weighted by Gasteiger charge is -2.39. The minimum Gasteiger partial charge on any atom is -0.370 e. The third-order valence-electron chi connectivity index (χ3n) is 22.4. The van der Waals surface area contributed by atoms with Gasteiger partial charge in [0, 0.05) is 139 Å². The van der Waals surface area contributed by atoms with Gasteiger partial charge in [-0.1, -0.05) is 0 Å². The van der Waals surface area contributed by atoms with Crippen molar-refractivity contribution in [2.24, 2.45) is 35.0 Å². The van der Waals surface area contributed by atoms with Gasteiger partial charge in [0.1, 0.15) is 92.0 Å². The van der Waals surface area contributed by atoms with Gasteiger partial charge in [-0.2, -0.15) is 71.1 Å². The van der Waals surface area contributed by atoms with Crippen LogP contribution < -0.4 is 47.0 Å². The van der Waals surface area contributed by atoms with Crippen LogP contribution >= 0.6 is 0 Å². The third kappa shape index (κ3) is 21.1. The summed E-state index contributed by atoms with van der Waals surface area (Å²) in [7, 11) is 0. The van der Waals surface area contributed by atoms with E-state index >= 15 is 0 Å². The molecule has 34 nitrogen and oxygen atoms in total. The molecule has 3 amide bonds. The Morgan fingerprint density at radius 3 is 0.949 bits per heavy atom. The van der Waals surface area contributed by atoms with Crippen molar-refractivity contribution in [3.63, 3.8) is 0 Å². The van der Waals surface area contributed by atoms with Crippen LogP contribution in [-0.4, -0.2) is 211 Å². The normalized spacial score (nSPS) is 17.9. The first-order valence-electron chi connectivity index (χ1n) is 41.5. The fraction of sp³-hybridized carbons (Fsp3) is 0.314. The van der Waals surface area contributed by atoms with Crippen molar-refractivity contribution >= 4 is 75.0 Å². The number of rotatable bonds is 14. The minimum atomic E-state index is -4.51. The number of pyridine rings is 5. The number of nitrogens with one attached hydrogen (secondary N) is 1. The molecule has 7 N–H and O–H groups in total. The summed E-state index contributed by atoms with van der Waals surface area (Å²) in [6.45, 7) is 9.55. The van der Waals surface area contributed by atoms with Crippen LogP contribution in [0.15, 0.2) is 184 Å². The number of hydrogen-bond acceptors (Lipinski definition) is 26. The van der Waals surface area contributed by atoms with Gasteiger partial charge >= 0.3 is 30.9 Å². The molecule has 20 heterocycles. The molecule has 0 saturated carbocycles. The lowest BCUT2D eigenvalue weighted by atomic mass is 9.96. The predicted octanol–water partition coefficient (Wildman–Crippen LogP) is 11.8. The van der Waals surface area contributed by atoms with E-state index in [-0.39, 0.29) is 72.2 Å². The summed E-state index contributed by atoms with van der Waals surface area (Å²) >= 11 is 0. The highest BCUT2D eigenvalue weighted by Crippen LogP contribution is 2.39. The number of primary amides is 3. The lowest BCUT2D eigenvalue weighted by Crippen LogP contribution is -2.54. The zero-order valence-electron chi connectivity index (χ0n) is 71.1. The Kier molecular flexibility index (Phi) is 26.1. The van der Waals surface area contributed by atoms with Crippen molar-refractivity contribution in [1.82, 2.24) is 102 Å². The van der Waals surface area contributed by atoms with E-state index in [1.807, 2.05) is 20.8 Å². The Hall–Kier alpha value is -15.5. The van der Waals surface area contributed by atoms with Crippen LogP contribution in [0.25, 0.3) is 85.8 Å². The monoisotopic (exact) mass is 1900 g/mol. The Bertz CT molecular complexity index is 6950. The van der Waals surface area contributed by atoms with E-state index < -0.39 is 82.8 Å². The molecule has 706 valence electrons. The highest BCUT2D eigenvalue weighted by atomic mass is 19.4. The molecule has 0 aromatic carbocycles. The number of nitrogens with zero attached hydrogens (tertiary/aromatic N) is 26. The summed E-state index contributed by atoms with van der Waals surface area (Å²) in [4.78, 5) is 107. The number of imidazole rings is 5. The van der Waals surface area contributed by atoms with Gasteiger partial charge in [-0.15, -0.1) is 0 Å². The van der Waals surface area contributed by atoms with E-state index in [1.54, 1.807) is 41.6 Å². The molecule has 5 fully saturated rings. The smallest absolute Gasteiger partial charge is 0.370 e. The van der Waals surface area contributed by atoms with Gasteiger partial charge in [-0.05, 0) is 111 Å². The van der Waals surface area contributed by atoms with Crippen LogP contribution in [0.2, 0.25) is 0 Å². The van der Waals surface area contributed by atoms with E-state index in [0.29, 0.717) is 144 Å². The van der Waals surface area contributed by atoms with Crippen molar-refractivity contribution in [2.75, 3.05) is 96.6 Å². The van der Waals surface area contributed by atoms with E-state index in [0.717, 1.165) is 80.2 Å². The number of amides is 3. The maximum absolute atomic E-state index is 14.1. The molecule has 15 aromatic heterocycles. The molecule has 5 aliphatic heterocycles. The molecule has 0 spiro atoms. The molecule has 5 aliphatic rings. The SMILES string of the molecule is CC1CN(c2ccnc(-c3cnc4ccc(C(F)(F)F)cn34)n2)CC(C)N1.N#C[C@@H]1CN(c2ccnc(-c3cnc4ccc(C(F)(F)F)cn34)n2)CCO1.NC(=O)C1CC(F)CN(c2ccnc(-c3cnc4ccc(C(F)(F)F)cn34)n2)C1.NC(=O)C1CN(c2ccnc(-c3cnc4ccc(C(F)(F)F)cn34)n2)C1.NC(=O)CC1CN(c2ccnc(-c3cnc4ccc(C(F)(F)F)cn34)n2)C1. The molecule has 136 heavy (non-hydrogen) atoms. The van der Waals surface area contributed by atoms with Crippen molar-refractivity contribution in [3.05, 3.63) is 212 Å². The second kappa shape index (κ2) is 37.9. The Morgan fingerprint density at radius 2 is 0.662 bits per heavy atom. The van der Waals surface area contributed by atoms with E-state index in [2.05, 4.69) is 105 Å². The van der Waals surface area contributed by atoms with Crippen molar-refractivity contribution in [3.8, 4) is 63.7 Å². The topological polar surface area (TPSA) is 406 Å². The highest BCUT2D eigenvalue weighted by molar-refractivity contribution is 5.80. The third-order valence-corrected chi connectivity index (χ3v) is 22.4. The van der Waals surface area contributed by atoms with Crippen molar-refractivity contribution in [1.29, 1.82) is 5.26 Å². The summed E-state index contributed by atoms with van der Waals surface area (Å²) in [6.07, 6.45) is -4.01. The zero-order valence-corrected chi connectivity index (χ0v) is 71.1. The number of aromatic nitrogens is 20. The van der Waals surface area contributed by atoms with E-state index in [4.69, 9.17) is 27.2 Å². The summed E-state index contributed by atoms with van der Waals surface area (Å²) < 4.78 is 221. The molecule has 5 atom stereocenters. The second-order valence-electron chi connectivity index (χ2n) is 32.2. The van der Waals surface area contributed by atoms with Crippen LogP contribution in [0.5, 0.6) is 0 Å². The number of nitriles is 1. The van der Waals surface area contributed by atoms with Gasteiger partial charge < -0.3 is 51.8 Å². The molecular weight excluding hydrogens is 1820 g/mol. The molecule has 0 radical (unpaired) electrons. The molecule has 15 aromatic rings. The summed E-state index contributed by atoms with van der Waals surface area (Å²) in [5.74, 6) is 2.17. The van der Waals surface area contributed by atoms with Crippen molar-refractivity contribution in [2.45, 2.75) is 81.9 Å². The first kappa shape index (κ1) is 93.8. The predicted molar refractivity (Wildman–Crippen MR) is 457 cm³/mol. The van der Waals surface area contributed by atoms with E-state index in [9.17, 15) is 84.6 Å². The summed E-state index contributed by atoms with van der Waals surface area (Å²) in [6, 6.07) is 22.6. The van der Waals surface area contributed by atoms with Gasteiger partial charge in [-0.25, -0.2) is 79.2 Å². The van der Waals surface area contributed by atoms with Gasteiger partial charge in [0.15, 0.2) is 35.2 Å². The maximum Gasteiger partial charge on any atom is 0.417 e. The summed E-state index contributed by atoms with van der Waals surface area (Å²) in [5, 5.41) is 12.5. The molecule has 0 aliphatic carbocycles. The Balaban J connectivity index is 0.000000123. The van der Waals surface area contributed by atoms with E-state index in [1.165, 1.54) is 102 Å². The fourth-order valence-electron chi connectivity index (χ4n) is 15.7. The van der Waals surface area contributed by atoms with Crippen LogP contribution in [0.4, 0.5) is 99.3 Å². The number of piperidine rings is 1. The van der Waals surface area contributed by atoms with Crippen LogP contribution in [0, 0.1) is 29.1 Å². The number of carbonyl (C=O) groups is 3. The molecule has 5 saturated heterocycles. The highest BCUT2D eigenvalue weighted by Gasteiger charge is 2.40. The molecular formula is C86H76F16N30O4. The minimum absolute atomic E-state index is 0.0333. The number of halogens is 16. The number of fused-ring (bicyclic) bond motifs is 5. The Labute approximate surface area is 757 Å². The molecule has 50 heteroatoms. The number of alkyl halides is 16. The molecule has 0 bridgehead atoms. The van der Waals surface area contributed by atoms with Crippen LogP contribution in [0.3, 0.4) is 0 Å². The zero-order chi connectivity index (χ0) is 96.6. The molecule has 4 unspecified atom stereocenters. The number of carbonyl (C=O) groups excluding carboxylic acids is 3. The Morgan fingerprint density at radius 1 is 0.382 bits per heavy atom. The van der Waals surface area contributed by atoms with Gasteiger partial charge in [0.2, 0.25) is 17.7 Å². The number of ether oxygens (including phenoxy) is 1. The largest absolute Gasteiger partial charge is 0.417 e. The lowest BCUT2D eigenvalue weighted by molar-refractivity contribution is -0.138. The van der Waals surface area contributed by atoms with Crippen LogP contribution in [0.1, 0.15) is 54.5 Å². The quantitative estimate of drug-likeness (QED) is 0.0735. The number of hydrogen-bond donors (Lipinski definition) is 4. The average molecular weight is 1900 g/mol. The number of nitrogens with two attached hydrogens (primary N) is 3. The average Bonchev–Trinajstić information content (AvgIpc) is 1.25. The van der Waals surface area contributed by atoms with Gasteiger partial charge in [0.25, 0.3) is 0 Å². The first-order chi connectivity index (χ1) is 64.6. The molecule has 20 rings (SSSR count). The second-order valence-corrected chi connectivity index (χ2v) is 32.2. The standard InChI is InChI=1S/C18H16F4N6O.C18H19F3N6.C17H15F3N6O.C17H13F3N6O.C16H13F3N6O/c19-12-5-10(16(23)29)7-27(9-12)15-3-4-24-17(26-15)13-6-25-14-2-1-11(8-28(13)14)18(20,21)22;1-11-8-26(9-12(2)24-11)16-5-6-22-17(25-16)14-7-23-15-4-3-13(10-27(14)15)18(19,20)21;18-17(19,20)11-1-2-14-23-6-12(26(14)9-11)16-22-4-3-15(24-16)25-7-10(8-25)5-13(21)27;18-17(19,20)11-1-2-14-23-8-13(26(14)9-11)16-22-4-3-15(24-16)25-5-6-27-12(7-21)10-25;17-16(18,19)10-1-2-12-22-5-11(25(12)8-10)15-21-4-3-13(23-15)24-6-9(7-24)14(20)26/h1-4,6,8,10,12H,5,7,9H2,(H2,23,29);3-7,10-12,24H,8-9H2,1-2H3;1-4,6,9-10H,5,7-8H2,(H2,21,27);1-4,8-9,12H,5-6,10H2;1-5,8-9H,6-7H2,(H2,20,26)/t;;;12-;/m...1./s1. The number of morpholine rings is 1. The summed E-state index contributed by atoms with van der Waals surface area (Å²) in [5.41, 5.74) is 15.4. The number of piperazine rings is 1. The fourth-order valence-corrected chi connectivity index (χ4v) is 15.7. The van der Waals surface area contributed by atoms with Gasteiger partial charge in [-0.3, -0.25) is 36.4 Å².